The van der Waals surface area contributed by atoms with E-state index in [1.807, 2.05) is 19.2 Å². The smallest absolute Gasteiger partial charge is 0.149 e. The van der Waals surface area contributed by atoms with Gasteiger partial charge in [-0.1, -0.05) is 6.92 Å². The highest BCUT2D eigenvalue weighted by atomic mass is 32.1. The number of aromatic nitrogens is 1. The molecule has 4 heteroatoms. The van der Waals surface area contributed by atoms with E-state index in [2.05, 4.69) is 28.7 Å². The zero-order chi connectivity index (χ0) is 12.3. The summed E-state index contributed by atoms with van der Waals surface area (Å²) < 4.78 is 0. The number of hydrogen-bond acceptors (Lipinski definition) is 4. The summed E-state index contributed by atoms with van der Waals surface area (Å²) in [6.07, 6.45) is 2.89. The monoisotopic (exact) mass is 247 g/mol. The summed E-state index contributed by atoms with van der Waals surface area (Å²) in [4.78, 5) is 5.66. The Labute approximate surface area is 106 Å². The fraction of sp³-hybridized carbons (Fsp3) is 0.308. The molecule has 0 radical (unpaired) electrons. The van der Waals surface area contributed by atoms with Crippen LogP contribution in [0.2, 0.25) is 0 Å². The number of hydrogen-bond donors (Lipinski definition) is 2. The van der Waals surface area contributed by atoms with Gasteiger partial charge >= 0.3 is 0 Å². The molecule has 0 spiro atoms. The van der Waals surface area contributed by atoms with Crippen molar-refractivity contribution in [3.8, 4) is 0 Å². The molecule has 0 bridgehead atoms. The quantitative estimate of drug-likeness (QED) is 0.872. The molecule has 90 valence electrons. The molecule has 2 aromatic rings. The van der Waals surface area contributed by atoms with Crippen molar-refractivity contribution in [1.29, 1.82) is 0 Å². The van der Waals surface area contributed by atoms with E-state index >= 15 is 0 Å². The van der Waals surface area contributed by atoms with Crippen LogP contribution in [0.25, 0.3) is 0 Å². The Hall–Kier alpha value is -1.55. The number of nitrogen functional groups attached to an aromatic ring is 1. The molecule has 0 aromatic carbocycles. The molecule has 3 N–H and O–H groups in total. The summed E-state index contributed by atoms with van der Waals surface area (Å²) in [5, 5.41) is 5.42. The van der Waals surface area contributed by atoms with Crippen molar-refractivity contribution in [3.05, 3.63) is 39.7 Å². The number of rotatable bonds is 4. The van der Waals surface area contributed by atoms with Crippen molar-refractivity contribution < 1.29 is 0 Å². The number of anilines is 2. The van der Waals surface area contributed by atoms with E-state index < -0.39 is 0 Å². The minimum absolute atomic E-state index is 0.708. The number of thiophene rings is 1. The maximum Gasteiger partial charge on any atom is 0.149 e. The molecule has 0 aliphatic heterocycles. The van der Waals surface area contributed by atoms with E-state index in [-0.39, 0.29) is 0 Å². The fourth-order valence-electron chi connectivity index (χ4n) is 1.74. The Kier molecular flexibility index (Phi) is 3.64. The lowest BCUT2D eigenvalue weighted by Gasteiger charge is -2.08. The van der Waals surface area contributed by atoms with Gasteiger partial charge in [-0.05, 0) is 42.0 Å². The van der Waals surface area contributed by atoms with Crippen LogP contribution in [-0.2, 0) is 13.0 Å². The summed E-state index contributed by atoms with van der Waals surface area (Å²) in [6, 6.07) is 4.11. The molecule has 2 rings (SSSR count). The predicted octanol–water partition coefficient (Wildman–Crippen LogP) is 3.21. The Morgan fingerprint density at radius 3 is 3.00 bits per heavy atom. The molecule has 2 aromatic heterocycles. The summed E-state index contributed by atoms with van der Waals surface area (Å²) in [5.41, 5.74) is 9.10. The minimum Gasteiger partial charge on any atom is -0.396 e. The third-order valence-electron chi connectivity index (χ3n) is 2.69. The van der Waals surface area contributed by atoms with E-state index in [0.717, 1.165) is 24.3 Å². The minimum atomic E-state index is 0.708. The molecule has 0 unspecified atom stereocenters. The van der Waals surface area contributed by atoms with Gasteiger partial charge in [0.15, 0.2) is 0 Å². The van der Waals surface area contributed by atoms with Crippen molar-refractivity contribution in [2.75, 3.05) is 11.1 Å². The van der Waals surface area contributed by atoms with Crippen LogP contribution in [0, 0.1) is 6.92 Å². The van der Waals surface area contributed by atoms with E-state index in [4.69, 9.17) is 5.73 Å². The second-order valence-corrected chi connectivity index (χ2v) is 5.03. The fourth-order valence-corrected chi connectivity index (χ4v) is 2.66. The Balaban J connectivity index is 2.07. The van der Waals surface area contributed by atoms with Crippen LogP contribution in [0.3, 0.4) is 0 Å². The van der Waals surface area contributed by atoms with Gasteiger partial charge in [0, 0.05) is 11.1 Å². The van der Waals surface area contributed by atoms with Crippen LogP contribution in [0.1, 0.15) is 22.9 Å². The Bertz CT molecular complexity index is 505. The van der Waals surface area contributed by atoms with Gasteiger partial charge < -0.3 is 11.1 Å². The van der Waals surface area contributed by atoms with E-state index in [1.54, 1.807) is 11.3 Å². The van der Waals surface area contributed by atoms with Crippen molar-refractivity contribution in [2.24, 2.45) is 0 Å². The molecular weight excluding hydrogens is 230 g/mol. The van der Waals surface area contributed by atoms with Gasteiger partial charge in [-0.15, -0.1) is 11.3 Å². The summed E-state index contributed by atoms with van der Waals surface area (Å²) in [5.74, 6) is 0.769. The first kappa shape index (κ1) is 11.9. The lowest BCUT2D eigenvalue weighted by atomic mass is 10.2. The van der Waals surface area contributed by atoms with Crippen molar-refractivity contribution in [3.63, 3.8) is 0 Å². The molecule has 17 heavy (non-hydrogen) atoms. The second kappa shape index (κ2) is 5.19. The predicted molar refractivity (Wildman–Crippen MR) is 74.4 cm³/mol. The topological polar surface area (TPSA) is 50.9 Å². The molecule has 3 nitrogen and oxygen atoms in total. The van der Waals surface area contributed by atoms with Crippen molar-refractivity contribution >= 4 is 22.8 Å². The van der Waals surface area contributed by atoms with Gasteiger partial charge in [-0.2, -0.15) is 0 Å². The molecule has 0 aliphatic carbocycles. The number of aryl methyl sites for hydroxylation is 2. The molecule has 0 aliphatic rings. The van der Waals surface area contributed by atoms with Crippen LogP contribution in [0.15, 0.2) is 23.7 Å². The normalized spacial score (nSPS) is 10.5. The Morgan fingerprint density at radius 2 is 2.29 bits per heavy atom. The zero-order valence-electron chi connectivity index (χ0n) is 10.2. The molecular formula is C13H17N3S. The van der Waals surface area contributed by atoms with Crippen LogP contribution in [-0.4, -0.2) is 4.98 Å². The van der Waals surface area contributed by atoms with E-state index in [1.165, 1.54) is 10.4 Å². The first-order valence-corrected chi connectivity index (χ1v) is 6.60. The third kappa shape index (κ3) is 2.77. The molecule has 0 amide bonds. The van der Waals surface area contributed by atoms with Crippen LogP contribution in [0.5, 0.6) is 0 Å². The summed E-state index contributed by atoms with van der Waals surface area (Å²) in [7, 11) is 0. The molecule has 0 fully saturated rings. The van der Waals surface area contributed by atoms with Gasteiger partial charge in [0.05, 0.1) is 12.2 Å². The number of nitrogens with one attached hydrogen (secondary N) is 1. The van der Waals surface area contributed by atoms with Crippen LogP contribution < -0.4 is 11.1 Å². The largest absolute Gasteiger partial charge is 0.396 e. The lowest BCUT2D eigenvalue weighted by Crippen LogP contribution is -2.04. The van der Waals surface area contributed by atoms with Crippen molar-refractivity contribution in [1.82, 2.24) is 4.98 Å². The standard InChI is InChI=1S/C13H17N3S/c1-3-10-4-5-17-12(10)8-16-13-11(14)6-9(2)7-15-13/h4-7H,3,8,14H2,1-2H3,(H,15,16). The maximum absolute atomic E-state index is 5.91. The average Bonchev–Trinajstić information content (AvgIpc) is 2.75. The van der Waals surface area contributed by atoms with Gasteiger partial charge in [-0.3, -0.25) is 0 Å². The molecule has 0 saturated heterocycles. The van der Waals surface area contributed by atoms with Crippen molar-refractivity contribution in [2.45, 2.75) is 26.8 Å². The van der Waals surface area contributed by atoms with Crippen LogP contribution >= 0.6 is 11.3 Å². The summed E-state index contributed by atoms with van der Waals surface area (Å²) in [6.45, 7) is 4.95. The first-order valence-electron chi connectivity index (χ1n) is 5.72. The SMILES string of the molecule is CCc1ccsc1CNc1ncc(C)cc1N. The maximum atomic E-state index is 5.91. The third-order valence-corrected chi connectivity index (χ3v) is 3.65. The van der Waals surface area contributed by atoms with E-state index in [0.29, 0.717) is 5.69 Å². The molecule has 0 atom stereocenters. The van der Waals surface area contributed by atoms with Gasteiger partial charge in [-0.25, -0.2) is 4.98 Å². The highest BCUT2D eigenvalue weighted by Gasteiger charge is 2.04. The average molecular weight is 247 g/mol. The number of nitrogens with zero attached hydrogens (tertiary/aromatic N) is 1. The molecule has 2 heterocycles. The molecule has 0 saturated carbocycles. The van der Waals surface area contributed by atoms with Crippen LogP contribution in [0.4, 0.5) is 11.5 Å². The second-order valence-electron chi connectivity index (χ2n) is 4.03. The number of nitrogens with two attached hydrogens (primary N) is 1. The number of pyridine rings is 1. The van der Waals surface area contributed by atoms with Gasteiger partial charge in [0.25, 0.3) is 0 Å². The zero-order valence-corrected chi connectivity index (χ0v) is 11.0. The first-order chi connectivity index (χ1) is 8.20. The highest BCUT2D eigenvalue weighted by molar-refractivity contribution is 7.10. The lowest BCUT2D eigenvalue weighted by molar-refractivity contribution is 1.07. The highest BCUT2D eigenvalue weighted by Crippen LogP contribution is 2.21. The summed E-state index contributed by atoms with van der Waals surface area (Å²) >= 11 is 1.77. The Morgan fingerprint density at radius 1 is 1.47 bits per heavy atom. The van der Waals surface area contributed by atoms with Gasteiger partial charge in [0.1, 0.15) is 5.82 Å². The van der Waals surface area contributed by atoms with Gasteiger partial charge in [0.2, 0.25) is 0 Å². The van der Waals surface area contributed by atoms with E-state index in [9.17, 15) is 0 Å².